The summed E-state index contributed by atoms with van der Waals surface area (Å²) in [6.07, 6.45) is 7.03. The van der Waals surface area contributed by atoms with Gasteiger partial charge in [0.1, 0.15) is 0 Å². The highest BCUT2D eigenvalue weighted by Crippen LogP contribution is 2.31. The van der Waals surface area contributed by atoms with Crippen LogP contribution in [0.2, 0.25) is 0 Å². The SMILES string of the molecule is O=C(CN1CCCc2ccccc21)N(C1CCCC1)[C@@H]1CCS(=O)(=O)C1. The monoisotopic (exact) mass is 376 g/mol. The largest absolute Gasteiger partial charge is 0.362 e. The summed E-state index contributed by atoms with van der Waals surface area (Å²) in [5.41, 5.74) is 2.47. The number of para-hydroxylation sites is 1. The van der Waals surface area contributed by atoms with Crippen molar-refractivity contribution in [2.75, 3.05) is 29.5 Å². The second-order valence-corrected chi connectivity index (χ2v) is 10.2. The topological polar surface area (TPSA) is 57.7 Å². The highest BCUT2D eigenvalue weighted by atomic mass is 32.2. The fraction of sp³-hybridized carbons (Fsp3) is 0.650. The Kier molecular flexibility index (Phi) is 4.95. The van der Waals surface area contributed by atoms with E-state index in [0.717, 1.165) is 50.8 Å². The molecule has 0 aromatic heterocycles. The quantitative estimate of drug-likeness (QED) is 0.810. The van der Waals surface area contributed by atoms with Crippen molar-refractivity contribution < 1.29 is 13.2 Å². The van der Waals surface area contributed by atoms with Gasteiger partial charge in [0.2, 0.25) is 5.91 Å². The molecule has 2 fully saturated rings. The van der Waals surface area contributed by atoms with Crippen molar-refractivity contribution in [2.24, 2.45) is 0 Å². The van der Waals surface area contributed by atoms with Gasteiger partial charge in [0.15, 0.2) is 9.84 Å². The van der Waals surface area contributed by atoms with E-state index in [0.29, 0.717) is 13.0 Å². The van der Waals surface area contributed by atoms with Crippen LogP contribution in [0.4, 0.5) is 5.69 Å². The maximum absolute atomic E-state index is 13.3. The van der Waals surface area contributed by atoms with Crippen LogP contribution in [0, 0.1) is 0 Å². The smallest absolute Gasteiger partial charge is 0.242 e. The van der Waals surface area contributed by atoms with Crippen LogP contribution in [0.5, 0.6) is 0 Å². The second kappa shape index (κ2) is 7.22. The Balaban J connectivity index is 1.54. The summed E-state index contributed by atoms with van der Waals surface area (Å²) >= 11 is 0. The van der Waals surface area contributed by atoms with E-state index in [-0.39, 0.29) is 29.5 Å². The first-order valence-electron chi connectivity index (χ1n) is 9.88. The zero-order valence-electron chi connectivity index (χ0n) is 15.3. The van der Waals surface area contributed by atoms with E-state index in [4.69, 9.17) is 0 Å². The molecule has 6 heteroatoms. The van der Waals surface area contributed by atoms with Crippen molar-refractivity contribution in [3.05, 3.63) is 29.8 Å². The van der Waals surface area contributed by atoms with E-state index in [2.05, 4.69) is 23.1 Å². The van der Waals surface area contributed by atoms with Crippen LogP contribution < -0.4 is 4.90 Å². The van der Waals surface area contributed by atoms with Crippen LogP contribution in [0.3, 0.4) is 0 Å². The van der Waals surface area contributed by atoms with Crippen molar-refractivity contribution in [1.29, 1.82) is 0 Å². The standard InChI is InChI=1S/C20H28N2O3S/c23-20(14-21-12-5-7-16-6-1-4-10-19(16)21)22(17-8-2-3-9-17)18-11-13-26(24,25)15-18/h1,4,6,10,17-18H,2-3,5,7-9,11-15H2/t18-/m1/s1. The summed E-state index contributed by atoms with van der Waals surface area (Å²) in [7, 11) is -2.99. The third-order valence-electron chi connectivity index (χ3n) is 6.14. The first-order chi connectivity index (χ1) is 12.5. The summed E-state index contributed by atoms with van der Waals surface area (Å²) in [5.74, 6) is 0.475. The minimum Gasteiger partial charge on any atom is -0.362 e. The molecule has 5 nitrogen and oxygen atoms in total. The van der Waals surface area contributed by atoms with E-state index in [1.165, 1.54) is 5.56 Å². The van der Waals surface area contributed by atoms with Gasteiger partial charge in [-0.3, -0.25) is 4.79 Å². The summed E-state index contributed by atoms with van der Waals surface area (Å²) in [6, 6.07) is 8.42. The average molecular weight is 377 g/mol. The molecule has 0 N–H and O–H groups in total. The number of rotatable bonds is 4. The molecule has 1 aromatic rings. The van der Waals surface area contributed by atoms with Gasteiger partial charge in [0, 0.05) is 24.3 Å². The molecular formula is C20H28N2O3S. The number of carbonyl (C=O) groups excluding carboxylic acids is 1. The summed E-state index contributed by atoms with van der Waals surface area (Å²) in [5, 5.41) is 0. The molecule has 1 saturated carbocycles. The van der Waals surface area contributed by atoms with Gasteiger partial charge in [-0.2, -0.15) is 0 Å². The number of nitrogens with zero attached hydrogens (tertiary/aromatic N) is 2. The predicted octanol–water partition coefficient (Wildman–Crippen LogP) is 2.40. The molecule has 2 heterocycles. The molecule has 1 atom stereocenters. The van der Waals surface area contributed by atoms with E-state index in [9.17, 15) is 13.2 Å². The van der Waals surface area contributed by atoms with Crippen LogP contribution in [0.25, 0.3) is 0 Å². The maximum atomic E-state index is 13.3. The fourth-order valence-electron chi connectivity index (χ4n) is 4.90. The highest BCUT2D eigenvalue weighted by molar-refractivity contribution is 7.91. The van der Waals surface area contributed by atoms with Crippen LogP contribution >= 0.6 is 0 Å². The number of aryl methyl sites for hydroxylation is 1. The van der Waals surface area contributed by atoms with Crippen molar-refractivity contribution in [3.8, 4) is 0 Å². The number of hydrogen-bond donors (Lipinski definition) is 0. The lowest BCUT2D eigenvalue weighted by atomic mass is 10.0. The molecule has 4 rings (SSSR count). The lowest BCUT2D eigenvalue weighted by molar-refractivity contribution is -0.134. The van der Waals surface area contributed by atoms with Crippen molar-refractivity contribution in [3.63, 3.8) is 0 Å². The van der Waals surface area contributed by atoms with Crippen molar-refractivity contribution >= 4 is 21.4 Å². The Morgan fingerprint density at radius 2 is 1.85 bits per heavy atom. The molecule has 2 aliphatic heterocycles. The number of anilines is 1. The number of amides is 1. The zero-order valence-corrected chi connectivity index (χ0v) is 16.1. The molecule has 1 saturated heterocycles. The van der Waals surface area contributed by atoms with Gasteiger partial charge < -0.3 is 9.80 Å². The molecule has 26 heavy (non-hydrogen) atoms. The van der Waals surface area contributed by atoms with Gasteiger partial charge in [0.05, 0.1) is 18.1 Å². The molecule has 0 unspecified atom stereocenters. The predicted molar refractivity (Wildman–Crippen MR) is 103 cm³/mol. The number of sulfone groups is 1. The van der Waals surface area contributed by atoms with Crippen LogP contribution in [0.15, 0.2) is 24.3 Å². The van der Waals surface area contributed by atoms with E-state index < -0.39 is 9.84 Å². The van der Waals surface area contributed by atoms with Crippen molar-refractivity contribution in [1.82, 2.24) is 4.90 Å². The summed E-state index contributed by atoms with van der Waals surface area (Å²) in [6.45, 7) is 1.26. The molecule has 3 aliphatic rings. The molecule has 142 valence electrons. The third kappa shape index (κ3) is 3.61. The lowest BCUT2D eigenvalue weighted by Gasteiger charge is -2.37. The average Bonchev–Trinajstić information content (AvgIpc) is 3.26. The zero-order chi connectivity index (χ0) is 18.1. The van der Waals surface area contributed by atoms with Gasteiger partial charge in [-0.1, -0.05) is 31.0 Å². The fourth-order valence-corrected chi connectivity index (χ4v) is 6.61. The molecule has 0 bridgehead atoms. The Morgan fingerprint density at radius 1 is 1.08 bits per heavy atom. The van der Waals surface area contributed by atoms with Crippen molar-refractivity contribution in [2.45, 2.75) is 57.0 Å². The molecule has 0 spiro atoms. The second-order valence-electron chi connectivity index (χ2n) is 7.95. The first-order valence-corrected chi connectivity index (χ1v) is 11.7. The molecule has 1 amide bonds. The van der Waals surface area contributed by atoms with Crippen LogP contribution in [-0.4, -0.2) is 55.9 Å². The van der Waals surface area contributed by atoms with E-state index >= 15 is 0 Å². The maximum Gasteiger partial charge on any atom is 0.242 e. The number of benzene rings is 1. The molecule has 1 aromatic carbocycles. The number of hydrogen-bond acceptors (Lipinski definition) is 4. The third-order valence-corrected chi connectivity index (χ3v) is 7.89. The molecule has 0 radical (unpaired) electrons. The van der Waals surface area contributed by atoms with Gasteiger partial charge in [0.25, 0.3) is 0 Å². The Hall–Kier alpha value is -1.56. The van der Waals surface area contributed by atoms with E-state index in [1.807, 2.05) is 11.0 Å². The van der Waals surface area contributed by atoms with E-state index in [1.54, 1.807) is 0 Å². The van der Waals surface area contributed by atoms with Crippen LogP contribution in [0.1, 0.15) is 44.1 Å². The lowest BCUT2D eigenvalue weighted by Crippen LogP contribution is -2.51. The Labute approximate surface area is 156 Å². The summed E-state index contributed by atoms with van der Waals surface area (Å²) in [4.78, 5) is 17.4. The Bertz CT molecular complexity index is 771. The van der Waals surface area contributed by atoms with Gasteiger partial charge in [-0.05, 0) is 43.7 Å². The first kappa shape index (κ1) is 17.8. The van der Waals surface area contributed by atoms with Crippen LogP contribution in [-0.2, 0) is 21.1 Å². The Morgan fingerprint density at radius 3 is 2.58 bits per heavy atom. The van der Waals surface area contributed by atoms with Gasteiger partial charge >= 0.3 is 0 Å². The molecular weight excluding hydrogens is 348 g/mol. The molecule has 1 aliphatic carbocycles. The summed E-state index contributed by atoms with van der Waals surface area (Å²) < 4.78 is 24.0. The number of carbonyl (C=O) groups is 1. The minimum atomic E-state index is -2.99. The van der Waals surface area contributed by atoms with Gasteiger partial charge in [-0.25, -0.2) is 8.42 Å². The minimum absolute atomic E-state index is 0.107. The highest BCUT2D eigenvalue weighted by Gasteiger charge is 2.39. The number of fused-ring (bicyclic) bond motifs is 1. The van der Waals surface area contributed by atoms with Gasteiger partial charge in [-0.15, -0.1) is 0 Å². The normalized spacial score (nSPS) is 25.2.